The summed E-state index contributed by atoms with van der Waals surface area (Å²) in [5.74, 6) is -1.67. The van der Waals surface area contributed by atoms with Crippen molar-refractivity contribution >= 4 is 28.0 Å². The lowest BCUT2D eigenvalue weighted by atomic mass is 9.82. The quantitative estimate of drug-likeness (QED) is 0.440. The van der Waals surface area contributed by atoms with Crippen molar-refractivity contribution in [3.05, 3.63) is 53.1 Å². The van der Waals surface area contributed by atoms with Gasteiger partial charge in [-0.1, -0.05) is 13.8 Å². The third-order valence-corrected chi connectivity index (χ3v) is 5.61. The van der Waals surface area contributed by atoms with Crippen LogP contribution in [0, 0.1) is 24.1 Å². The molecule has 9 heteroatoms. The van der Waals surface area contributed by atoms with Crippen molar-refractivity contribution in [2.24, 2.45) is 0 Å². The number of carbonyl (C=O) groups is 1. The molecule has 1 atom stereocenters. The molecule has 0 radical (unpaired) electrons. The van der Waals surface area contributed by atoms with E-state index in [-0.39, 0.29) is 23.3 Å². The molecular formula is C23H21F2N5O2. The molecule has 0 saturated heterocycles. The molecule has 1 aromatic carbocycles. The van der Waals surface area contributed by atoms with Crippen molar-refractivity contribution in [2.75, 3.05) is 0 Å². The van der Waals surface area contributed by atoms with Crippen LogP contribution in [-0.2, 0) is 10.2 Å². The van der Waals surface area contributed by atoms with Crippen LogP contribution in [0.5, 0.6) is 0 Å². The zero-order valence-electron chi connectivity index (χ0n) is 17.8. The number of benzene rings is 1. The van der Waals surface area contributed by atoms with Gasteiger partial charge in [0, 0.05) is 34.2 Å². The number of aryl methyl sites for hydroxylation is 1. The van der Waals surface area contributed by atoms with Crippen molar-refractivity contribution in [1.82, 2.24) is 19.7 Å². The highest BCUT2D eigenvalue weighted by atomic mass is 19.1. The number of pyridine rings is 1. The monoisotopic (exact) mass is 437 g/mol. The minimum Gasteiger partial charge on any atom is -0.481 e. The predicted octanol–water partition coefficient (Wildman–Crippen LogP) is 5.03. The Labute approximate surface area is 182 Å². The number of aliphatic carboxylic acids is 1. The van der Waals surface area contributed by atoms with Gasteiger partial charge in [0.15, 0.2) is 5.65 Å². The number of fused-ring (bicyclic) bond motifs is 2. The number of nitrogens with zero attached hydrogens (tertiary/aromatic N) is 4. The van der Waals surface area contributed by atoms with Gasteiger partial charge >= 0.3 is 5.97 Å². The van der Waals surface area contributed by atoms with Gasteiger partial charge in [-0.05, 0) is 36.8 Å². The van der Waals surface area contributed by atoms with Crippen LogP contribution in [-0.4, -0.2) is 30.8 Å². The van der Waals surface area contributed by atoms with Crippen molar-refractivity contribution in [1.29, 1.82) is 5.26 Å². The number of rotatable bonds is 6. The van der Waals surface area contributed by atoms with E-state index in [1.165, 1.54) is 6.07 Å². The number of carboxylic acids is 1. The van der Waals surface area contributed by atoms with Gasteiger partial charge in [-0.15, -0.1) is 0 Å². The highest BCUT2D eigenvalue weighted by Crippen LogP contribution is 2.43. The highest BCUT2D eigenvalue weighted by Gasteiger charge is 2.36. The molecule has 3 heterocycles. The summed E-state index contributed by atoms with van der Waals surface area (Å²) in [6.07, 6.45) is -0.979. The van der Waals surface area contributed by atoms with Crippen LogP contribution >= 0.6 is 0 Å². The summed E-state index contributed by atoms with van der Waals surface area (Å²) < 4.78 is 31.3. The molecule has 7 nitrogen and oxygen atoms in total. The number of hydrogen-bond acceptors (Lipinski definition) is 4. The lowest BCUT2D eigenvalue weighted by Gasteiger charge is -2.27. The molecule has 2 N–H and O–H groups in total. The number of hydrogen-bond donors (Lipinski definition) is 2. The molecule has 3 aromatic heterocycles. The Bertz CT molecular complexity index is 1400. The topological polar surface area (TPSA) is 108 Å². The number of aromatic nitrogens is 4. The van der Waals surface area contributed by atoms with Crippen molar-refractivity contribution in [3.63, 3.8) is 0 Å². The van der Waals surface area contributed by atoms with E-state index < -0.39 is 24.0 Å². The molecular weight excluding hydrogens is 416 g/mol. The second kappa shape index (κ2) is 7.71. The van der Waals surface area contributed by atoms with Gasteiger partial charge in [-0.2, -0.15) is 10.4 Å². The summed E-state index contributed by atoms with van der Waals surface area (Å²) in [5.41, 5.74) is 1.87. The standard InChI is InChI=1S/C23H21F2N5O2/c1-12-8-14(4-5-15(12)24)30-17-9-13-11-27-29-22(13)28-20(17)19(16(25)10-18(31)32)21(30)23(2,3)6-7-26/h4-5,8-9,11,16H,6,10H2,1-3H3,(H,31,32)(H,27,28,29)/t16-/m1/s1. The van der Waals surface area contributed by atoms with Crippen molar-refractivity contribution in [3.8, 4) is 11.8 Å². The molecule has 0 aliphatic heterocycles. The number of halogens is 2. The second-order valence-electron chi connectivity index (χ2n) is 8.48. The van der Waals surface area contributed by atoms with E-state index in [4.69, 9.17) is 0 Å². The van der Waals surface area contributed by atoms with Crippen LogP contribution in [0.15, 0.2) is 30.5 Å². The van der Waals surface area contributed by atoms with Gasteiger partial charge in [0.2, 0.25) is 0 Å². The smallest absolute Gasteiger partial charge is 0.306 e. The van der Waals surface area contributed by atoms with E-state index in [2.05, 4.69) is 21.3 Å². The lowest BCUT2D eigenvalue weighted by Crippen LogP contribution is -2.23. The summed E-state index contributed by atoms with van der Waals surface area (Å²) in [6.45, 7) is 5.21. The van der Waals surface area contributed by atoms with Crippen LogP contribution < -0.4 is 0 Å². The summed E-state index contributed by atoms with van der Waals surface area (Å²) in [7, 11) is 0. The molecule has 0 aliphatic rings. The molecule has 4 rings (SSSR count). The Hall–Kier alpha value is -3.80. The maximum absolute atomic E-state index is 15.5. The molecule has 0 unspecified atom stereocenters. The summed E-state index contributed by atoms with van der Waals surface area (Å²) in [4.78, 5) is 15.9. The van der Waals surface area contributed by atoms with Gasteiger partial charge in [0.05, 0.1) is 29.7 Å². The highest BCUT2D eigenvalue weighted by molar-refractivity contribution is 5.94. The molecule has 0 amide bonds. The predicted molar refractivity (Wildman–Crippen MR) is 115 cm³/mol. The molecule has 0 spiro atoms. The average Bonchev–Trinajstić information content (AvgIpc) is 3.29. The van der Waals surface area contributed by atoms with E-state index in [0.717, 1.165) is 0 Å². The van der Waals surface area contributed by atoms with E-state index >= 15 is 4.39 Å². The zero-order valence-corrected chi connectivity index (χ0v) is 17.8. The van der Waals surface area contributed by atoms with E-state index in [1.807, 2.05) is 0 Å². The fourth-order valence-electron chi connectivity index (χ4n) is 4.13. The minimum absolute atomic E-state index is 0.0513. The first-order valence-corrected chi connectivity index (χ1v) is 10.0. The lowest BCUT2D eigenvalue weighted by molar-refractivity contribution is -0.138. The van der Waals surface area contributed by atoms with Gasteiger partial charge in [0.1, 0.15) is 12.0 Å². The van der Waals surface area contributed by atoms with Gasteiger partial charge in [-0.25, -0.2) is 13.8 Å². The Morgan fingerprint density at radius 2 is 2.12 bits per heavy atom. The molecule has 0 fully saturated rings. The van der Waals surface area contributed by atoms with Crippen molar-refractivity contribution in [2.45, 2.75) is 45.2 Å². The Morgan fingerprint density at radius 3 is 2.78 bits per heavy atom. The number of carboxylic acid groups (broad SMARTS) is 1. The van der Waals surface area contributed by atoms with Crippen LogP contribution in [0.3, 0.4) is 0 Å². The molecule has 164 valence electrons. The third-order valence-electron chi connectivity index (χ3n) is 5.61. The van der Waals surface area contributed by atoms with Crippen molar-refractivity contribution < 1.29 is 18.7 Å². The average molecular weight is 437 g/mol. The molecule has 0 bridgehead atoms. The van der Waals surface area contributed by atoms with Crippen LogP contribution in [0.1, 0.15) is 49.7 Å². The van der Waals surface area contributed by atoms with Gasteiger partial charge in [-0.3, -0.25) is 9.89 Å². The molecule has 0 aliphatic carbocycles. The molecule has 4 aromatic rings. The Balaban J connectivity index is 2.18. The zero-order chi connectivity index (χ0) is 23.2. The maximum atomic E-state index is 15.5. The Morgan fingerprint density at radius 1 is 1.38 bits per heavy atom. The van der Waals surface area contributed by atoms with E-state index in [1.54, 1.807) is 49.7 Å². The van der Waals surface area contributed by atoms with Crippen LogP contribution in [0.25, 0.3) is 27.8 Å². The SMILES string of the molecule is Cc1cc(-n2c(C(C)(C)CC#N)c([C@H](F)CC(=O)O)c3nc4[nH]ncc4cc32)ccc1F. The van der Waals surface area contributed by atoms with Gasteiger partial charge < -0.3 is 9.67 Å². The number of nitriles is 1. The number of nitrogens with one attached hydrogen (secondary N) is 1. The largest absolute Gasteiger partial charge is 0.481 e. The fraction of sp³-hybridized carbons (Fsp3) is 0.304. The molecule has 32 heavy (non-hydrogen) atoms. The maximum Gasteiger partial charge on any atom is 0.306 e. The first kappa shape index (κ1) is 21.4. The fourth-order valence-corrected chi connectivity index (χ4v) is 4.13. The number of H-pyrrole nitrogens is 1. The van der Waals surface area contributed by atoms with E-state index in [9.17, 15) is 19.6 Å². The van der Waals surface area contributed by atoms with E-state index in [0.29, 0.717) is 33.5 Å². The minimum atomic E-state index is -1.86. The summed E-state index contributed by atoms with van der Waals surface area (Å²) in [6, 6.07) is 8.45. The van der Waals surface area contributed by atoms with Crippen LogP contribution in [0.4, 0.5) is 8.78 Å². The third kappa shape index (κ3) is 3.47. The first-order chi connectivity index (χ1) is 15.1. The van der Waals surface area contributed by atoms with Crippen LogP contribution in [0.2, 0.25) is 0 Å². The summed E-state index contributed by atoms with van der Waals surface area (Å²) >= 11 is 0. The molecule has 0 saturated carbocycles. The summed E-state index contributed by atoms with van der Waals surface area (Å²) in [5, 5.41) is 26.1. The first-order valence-electron chi connectivity index (χ1n) is 10.0. The normalized spacial score (nSPS) is 12.9. The number of alkyl halides is 1. The second-order valence-corrected chi connectivity index (χ2v) is 8.48. The number of aromatic amines is 1. The van der Waals surface area contributed by atoms with Gasteiger partial charge in [0.25, 0.3) is 0 Å². The Kier molecular flexibility index (Phi) is 5.17.